The minimum absolute atomic E-state index is 0.0543. The van der Waals surface area contributed by atoms with Gasteiger partial charge in [-0.3, -0.25) is 10.1 Å². The third-order valence-electron chi connectivity index (χ3n) is 2.80. The number of halogens is 2. The molecular weight excluding hydrogens is 345 g/mol. The summed E-state index contributed by atoms with van der Waals surface area (Å²) >= 11 is 17.1. The van der Waals surface area contributed by atoms with Crippen LogP contribution in [-0.4, -0.2) is 10.0 Å². The smallest absolute Gasteiger partial charge is 0.292 e. The number of thiocarbonyl (C=S) groups is 1. The van der Waals surface area contributed by atoms with Gasteiger partial charge in [-0.05, 0) is 42.9 Å². The van der Waals surface area contributed by atoms with E-state index >= 15 is 0 Å². The monoisotopic (exact) mass is 355 g/mol. The van der Waals surface area contributed by atoms with E-state index in [0.29, 0.717) is 21.4 Å². The Morgan fingerprint density at radius 3 is 2.55 bits per heavy atom. The second-order valence-corrected chi connectivity index (χ2v) is 5.65. The van der Waals surface area contributed by atoms with Crippen LogP contribution in [-0.2, 0) is 0 Å². The molecule has 0 aliphatic rings. The molecule has 5 nitrogen and oxygen atoms in total. The van der Waals surface area contributed by atoms with E-state index < -0.39 is 4.92 Å². The van der Waals surface area contributed by atoms with Crippen molar-refractivity contribution in [2.24, 2.45) is 0 Å². The Bertz CT molecular complexity index is 753. The van der Waals surface area contributed by atoms with Crippen molar-refractivity contribution in [3.63, 3.8) is 0 Å². The average Bonchev–Trinajstić information content (AvgIpc) is 2.45. The zero-order valence-corrected chi connectivity index (χ0v) is 13.7. The van der Waals surface area contributed by atoms with Crippen LogP contribution >= 0.6 is 35.4 Å². The maximum atomic E-state index is 11.1. The van der Waals surface area contributed by atoms with Crippen molar-refractivity contribution in [3.8, 4) is 0 Å². The minimum Gasteiger partial charge on any atom is -0.331 e. The van der Waals surface area contributed by atoms with E-state index in [9.17, 15) is 10.1 Å². The van der Waals surface area contributed by atoms with Crippen LogP contribution in [0.15, 0.2) is 36.4 Å². The first-order valence-electron chi connectivity index (χ1n) is 6.15. The van der Waals surface area contributed by atoms with Crippen molar-refractivity contribution in [2.45, 2.75) is 6.92 Å². The highest BCUT2D eigenvalue weighted by Gasteiger charge is 2.15. The predicted octanol–water partition coefficient (Wildman–Crippen LogP) is 5.02. The lowest BCUT2D eigenvalue weighted by Gasteiger charge is -2.12. The number of nitro groups is 1. The van der Waals surface area contributed by atoms with Crippen LogP contribution in [0.1, 0.15) is 5.56 Å². The molecule has 0 unspecified atom stereocenters. The molecule has 0 atom stereocenters. The zero-order chi connectivity index (χ0) is 16.3. The van der Waals surface area contributed by atoms with Gasteiger partial charge in [0.1, 0.15) is 5.69 Å². The lowest BCUT2D eigenvalue weighted by Crippen LogP contribution is -2.20. The molecule has 0 saturated carbocycles. The molecular formula is C14H11Cl2N3O2S. The van der Waals surface area contributed by atoms with E-state index in [4.69, 9.17) is 35.4 Å². The first-order chi connectivity index (χ1) is 10.4. The van der Waals surface area contributed by atoms with Crippen molar-refractivity contribution < 1.29 is 4.92 Å². The molecule has 8 heteroatoms. The molecule has 2 N–H and O–H groups in total. The molecule has 22 heavy (non-hydrogen) atoms. The van der Waals surface area contributed by atoms with Gasteiger partial charge in [-0.15, -0.1) is 0 Å². The van der Waals surface area contributed by atoms with Gasteiger partial charge < -0.3 is 10.6 Å². The summed E-state index contributed by atoms with van der Waals surface area (Å²) in [5.74, 6) is 0. The van der Waals surface area contributed by atoms with Gasteiger partial charge in [0, 0.05) is 6.07 Å². The van der Waals surface area contributed by atoms with E-state index in [0.717, 1.165) is 5.56 Å². The standard InChI is InChI=1S/C14H11Cl2N3O2S/c1-8-5-6-10(12(7-8)19(20)21)17-14(22)18-11-4-2-3-9(15)13(11)16/h2-7H,1H3,(H2,17,18,22). The summed E-state index contributed by atoms with van der Waals surface area (Å²) in [5.41, 5.74) is 1.54. The van der Waals surface area contributed by atoms with Gasteiger partial charge in [-0.2, -0.15) is 0 Å². The van der Waals surface area contributed by atoms with Crippen LogP contribution in [0.3, 0.4) is 0 Å². The maximum absolute atomic E-state index is 11.1. The molecule has 0 aliphatic heterocycles. The third-order valence-corrected chi connectivity index (χ3v) is 3.82. The van der Waals surface area contributed by atoms with Gasteiger partial charge in [-0.25, -0.2) is 0 Å². The van der Waals surface area contributed by atoms with Gasteiger partial charge in [0.05, 0.1) is 20.7 Å². The molecule has 0 amide bonds. The number of rotatable bonds is 3. The SMILES string of the molecule is Cc1ccc(NC(=S)Nc2cccc(Cl)c2Cl)c([N+](=O)[O-])c1. The number of aryl methyl sites for hydroxylation is 1. The van der Waals surface area contributed by atoms with E-state index in [1.807, 2.05) is 0 Å². The Morgan fingerprint density at radius 2 is 1.86 bits per heavy atom. The summed E-state index contributed by atoms with van der Waals surface area (Å²) in [6.07, 6.45) is 0. The number of anilines is 2. The van der Waals surface area contributed by atoms with Crippen LogP contribution in [0, 0.1) is 17.0 Å². The van der Waals surface area contributed by atoms with Crippen LogP contribution in [0.25, 0.3) is 0 Å². The molecule has 0 aliphatic carbocycles. The van der Waals surface area contributed by atoms with E-state index in [-0.39, 0.29) is 10.8 Å². The lowest BCUT2D eigenvalue weighted by molar-refractivity contribution is -0.383. The molecule has 0 spiro atoms. The van der Waals surface area contributed by atoms with Gasteiger partial charge in [0.15, 0.2) is 5.11 Å². The molecule has 0 radical (unpaired) electrons. The molecule has 0 bridgehead atoms. The van der Waals surface area contributed by atoms with Gasteiger partial charge >= 0.3 is 0 Å². The van der Waals surface area contributed by atoms with Crippen LogP contribution in [0.2, 0.25) is 10.0 Å². The minimum atomic E-state index is -0.468. The van der Waals surface area contributed by atoms with E-state index in [1.54, 1.807) is 37.3 Å². The molecule has 114 valence electrons. The quantitative estimate of drug-likeness (QED) is 0.459. The number of nitro benzene ring substituents is 1. The number of hydrogen-bond donors (Lipinski definition) is 2. The second kappa shape index (κ2) is 6.91. The zero-order valence-electron chi connectivity index (χ0n) is 11.4. The number of benzene rings is 2. The maximum Gasteiger partial charge on any atom is 0.292 e. The molecule has 0 heterocycles. The normalized spacial score (nSPS) is 10.1. The van der Waals surface area contributed by atoms with Crippen LogP contribution < -0.4 is 10.6 Å². The Balaban J connectivity index is 2.19. The lowest BCUT2D eigenvalue weighted by atomic mass is 10.2. The fourth-order valence-electron chi connectivity index (χ4n) is 1.77. The summed E-state index contributed by atoms with van der Waals surface area (Å²) in [6.45, 7) is 1.78. The first kappa shape index (κ1) is 16.5. The molecule has 2 aromatic carbocycles. The summed E-state index contributed by atoms with van der Waals surface area (Å²) in [6, 6.07) is 9.89. The van der Waals surface area contributed by atoms with Crippen molar-refractivity contribution in [1.29, 1.82) is 0 Å². The second-order valence-electron chi connectivity index (χ2n) is 4.46. The van der Waals surface area contributed by atoms with Crippen molar-refractivity contribution in [2.75, 3.05) is 10.6 Å². The van der Waals surface area contributed by atoms with Crippen molar-refractivity contribution in [1.82, 2.24) is 0 Å². The Morgan fingerprint density at radius 1 is 1.18 bits per heavy atom. The van der Waals surface area contributed by atoms with Gasteiger partial charge in [0.2, 0.25) is 0 Å². The van der Waals surface area contributed by atoms with E-state index in [1.165, 1.54) is 6.07 Å². The highest BCUT2D eigenvalue weighted by Crippen LogP contribution is 2.30. The van der Waals surface area contributed by atoms with Crippen LogP contribution in [0.5, 0.6) is 0 Å². The Hall–Kier alpha value is -1.89. The fraction of sp³-hybridized carbons (Fsp3) is 0.0714. The van der Waals surface area contributed by atoms with Crippen LogP contribution in [0.4, 0.5) is 17.1 Å². The highest BCUT2D eigenvalue weighted by atomic mass is 35.5. The number of hydrogen-bond acceptors (Lipinski definition) is 3. The average molecular weight is 356 g/mol. The topological polar surface area (TPSA) is 67.2 Å². The third kappa shape index (κ3) is 3.85. The number of nitrogens with zero attached hydrogens (tertiary/aromatic N) is 1. The van der Waals surface area contributed by atoms with Gasteiger partial charge in [-0.1, -0.05) is 35.3 Å². The summed E-state index contributed by atoms with van der Waals surface area (Å²) in [7, 11) is 0. The Labute approximate surface area is 142 Å². The summed E-state index contributed by atoms with van der Waals surface area (Å²) in [5, 5.41) is 17.6. The highest BCUT2D eigenvalue weighted by molar-refractivity contribution is 7.80. The molecule has 0 fully saturated rings. The molecule has 2 aromatic rings. The largest absolute Gasteiger partial charge is 0.331 e. The summed E-state index contributed by atoms with van der Waals surface area (Å²) in [4.78, 5) is 10.6. The Kier molecular flexibility index (Phi) is 5.18. The molecule has 0 aromatic heterocycles. The van der Waals surface area contributed by atoms with E-state index in [2.05, 4.69) is 10.6 Å². The van der Waals surface area contributed by atoms with Crippen molar-refractivity contribution in [3.05, 3.63) is 62.1 Å². The fourth-order valence-corrected chi connectivity index (χ4v) is 2.34. The predicted molar refractivity (Wildman–Crippen MR) is 94.1 cm³/mol. The van der Waals surface area contributed by atoms with Gasteiger partial charge in [0.25, 0.3) is 5.69 Å². The number of nitrogens with one attached hydrogen (secondary N) is 2. The molecule has 0 saturated heterocycles. The van der Waals surface area contributed by atoms with Crippen molar-refractivity contribution >= 4 is 57.6 Å². The first-order valence-corrected chi connectivity index (χ1v) is 7.32. The molecule has 2 rings (SSSR count). The summed E-state index contributed by atoms with van der Waals surface area (Å²) < 4.78 is 0.